The van der Waals surface area contributed by atoms with E-state index in [1.807, 2.05) is 35.6 Å². The molecule has 1 aromatic carbocycles. The number of fused-ring (bicyclic) bond motifs is 1. The van der Waals surface area contributed by atoms with Crippen LogP contribution in [0.4, 0.5) is 0 Å². The molecule has 1 aromatic heterocycles. The molecule has 3 nitrogen and oxygen atoms in total. The zero-order chi connectivity index (χ0) is 14.8. The maximum Gasteiger partial charge on any atom is 0.161 e. The number of rotatable bonds is 4. The summed E-state index contributed by atoms with van der Waals surface area (Å²) in [6.07, 6.45) is 0.0578. The smallest absolute Gasteiger partial charge is 0.161 e. The average molecular weight is 303 g/mol. The first-order valence-electron chi connectivity index (χ1n) is 7.32. The lowest BCUT2D eigenvalue weighted by atomic mass is 10.1. The van der Waals surface area contributed by atoms with Gasteiger partial charge in [-0.1, -0.05) is 12.1 Å². The molecule has 0 spiro atoms. The quantitative estimate of drug-likeness (QED) is 0.930. The van der Waals surface area contributed by atoms with Crippen LogP contribution in [0.15, 0.2) is 30.3 Å². The molecule has 2 unspecified atom stereocenters. The van der Waals surface area contributed by atoms with E-state index in [1.54, 1.807) is 0 Å². The van der Waals surface area contributed by atoms with E-state index >= 15 is 0 Å². The Hall–Kier alpha value is -1.52. The largest absolute Gasteiger partial charge is 0.486 e. The van der Waals surface area contributed by atoms with Gasteiger partial charge >= 0.3 is 0 Å². The van der Waals surface area contributed by atoms with Crippen molar-refractivity contribution in [3.63, 3.8) is 0 Å². The monoisotopic (exact) mass is 303 g/mol. The van der Waals surface area contributed by atoms with Crippen LogP contribution in [0, 0.1) is 13.8 Å². The fraction of sp³-hybridized carbons (Fsp3) is 0.412. The average Bonchev–Trinajstić information content (AvgIpc) is 2.83. The third-order valence-electron chi connectivity index (χ3n) is 3.77. The van der Waals surface area contributed by atoms with E-state index in [2.05, 4.69) is 32.2 Å². The molecular formula is C17H21NO2S. The molecule has 4 heteroatoms. The van der Waals surface area contributed by atoms with Crippen molar-refractivity contribution < 1.29 is 9.47 Å². The van der Waals surface area contributed by atoms with E-state index < -0.39 is 0 Å². The van der Waals surface area contributed by atoms with Crippen molar-refractivity contribution in [2.24, 2.45) is 0 Å². The fourth-order valence-electron chi connectivity index (χ4n) is 2.66. The lowest BCUT2D eigenvalue weighted by molar-refractivity contribution is 0.0886. The zero-order valence-electron chi connectivity index (χ0n) is 12.7. The van der Waals surface area contributed by atoms with Gasteiger partial charge in [0.25, 0.3) is 0 Å². The van der Waals surface area contributed by atoms with Crippen molar-refractivity contribution in [3.05, 3.63) is 45.6 Å². The Morgan fingerprint density at radius 2 is 2.05 bits per heavy atom. The van der Waals surface area contributed by atoms with E-state index in [0.29, 0.717) is 12.6 Å². The van der Waals surface area contributed by atoms with Gasteiger partial charge in [-0.25, -0.2) is 0 Å². The van der Waals surface area contributed by atoms with E-state index in [-0.39, 0.29) is 6.10 Å². The van der Waals surface area contributed by atoms with Crippen LogP contribution in [-0.4, -0.2) is 19.3 Å². The van der Waals surface area contributed by atoms with Gasteiger partial charge in [-0.3, -0.25) is 0 Å². The summed E-state index contributed by atoms with van der Waals surface area (Å²) in [6, 6.07) is 10.4. The minimum atomic E-state index is 0.0578. The molecule has 21 heavy (non-hydrogen) atoms. The van der Waals surface area contributed by atoms with Gasteiger partial charge in [0.15, 0.2) is 11.5 Å². The molecule has 1 aliphatic heterocycles. The van der Waals surface area contributed by atoms with Crippen LogP contribution in [0.1, 0.15) is 28.3 Å². The number of benzene rings is 1. The first kappa shape index (κ1) is 14.4. The summed E-state index contributed by atoms with van der Waals surface area (Å²) in [4.78, 5) is 2.75. The van der Waals surface area contributed by atoms with E-state index in [4.69, 9.17) is 9.47 Å². The predicted molar refractivity (Wildman–Crippen MR) is 86.6 cm³/mol. The second-order valence-corrected chi connectivity index (χ2v) is 6.96. The minimum absolute atomic E-state index is 0.0578. The summed E-state index contributed by atoms with van der Waals surface area (Å²) in [5.74, 6) is 1.68. The number of hydrogen-bond acceptors (Lipinski definition) is 4. The lowest BCUT2D eigenvalue weighted by Crippen LogP contribution is -2.39. The van der Waals surface area contributed by atoms with Gasteiger partial charge in [0.1, 0.15) is 12.7 Å². The first-order valence-corrected chi connectivity index (χ1v) is 8.14. The summed E-state index contributed by atoms with van der Waals surface area (Å²) < 4.78 is 11.7. The van der Waals surface area contributed by atoms with Crippen molar-refractivity contribution >= 4 is 11.3 Å². The molecule has 0 amide bonds. The molecule has 2 atom stereocenters. The van der Waals surface area contributed by atoms with Gasteiger partial charge < -0.3 is 14.8 Å². The molecular weight excluding hydrogens is 282 g/mol. The van der Waals surface area contributed by atoms with Gasteiger partial charge in [-0.05, 0) is 44.5 Å². The molecule has 2 heterocycles. The van der Waals surface area contributed by atoms with E-state index in [0.717, 1.165) is 18.0 Å². The molecule has 0 fully saturated rings. The second kappa shape index (κ2) is 6.08. The lowest BCUT2D eigenvalue weighted by Gasteiger charge is -2.27. The number of nitrogens with one attached hydrogen (secondary N) is 1. The predicted octanol–water partition coefficient (Wildman–Crippen LogP) is 3.86. The normalized spacial score (nSPS) is 18.5. The topological polar surface area (TPSA) is 30.5 Å². The molecule has 0 bridgehead atoms. The van der Waals surface area contributed by atoms with Crippen molar-refractivity contribution in [1.29, 1.82) is 0 Å². The van der Waals surface area contributed by atoms with Crippen LogP contribution in [-0.2, 0) is 0 Å². The van der Waals surface area contributed by atoms with Crippen LogP contribution in [0.25, 0.3) is 0 Å². The Bertz CT molecular complexity index is 623. The number of hydrogen-bond donors (Lipinski definition) is 1. The number of ether oxygens (including phenoxy) is 2. The van der Waals surface area contributed by atoms with Crippen LogP contribution in [0.5, 0.6) is 11.5 Å². The summed E-state index contributed by atoms with van der Waals surface area (Å²) >= 11 is 1.85. The Kier molecular flexibility index (Phi) is 4.17. The van der Waals surface area contributed by atoms with Crippen LogP contribution >= 0.6 is 11.3 Å². The summed E-state index contributed by atoms with van der Waals surface area (Å²) in [5.41, 5.74) is 1.38. The highest BCUT2D eigenvalue weighted by Crippen LogP contribution is 2.31. The molecule has 1 N–H and O–H groups in total. The molecule has 0 saturated carbocycles. The van der Waals surface area contributed by atoms with Gasteiger partial charge in [0, 0.05) is 22.3 Å². The second-order valence-electron chi connectivity index (χ2n) is 5.50. The summed E-state index contributed by atoms with van der Waals surface area (Å²) in [7, 11) is 0. The minimum Gasteiger partial charge on any atom is -0.486 e. The maximum absolute atomic E-state index is 5.97. The fourth-order valence-corrected chi connectivity index (χ4v) is 3.68. The molecule has 112 valence electrons. The zero-order valence-corrected chi connectivity index (χ0v) is 13.5. The van der Waals surface area contributed by atoms with Gasteiger partial charge in [-0.2, -0.15) is 0 Å². The van der Waals surface area contributed by atoms with E-state index in [1.165, 1.54) is 15.3 Å². The number of para-hydroxylation sites is 2. The molecule has 1 aliphatic rings. The Balaban J connectivity index is 1.58. The maximum atomic E-state index is 5.97. The molecule has 2 aromatic rings. The SMILES string of the molecule is Cc1cc(C(C)NCC2COc3ccccc3O2)c(C)s1. The molecule has 0 aliphatic carbocycles. The standard InChI is InChI=1S/C17H21NO2S/c1-11-8-15(13(3)21-11)12(2)18-9-14-10-19-16-6-4-5-7-17(16)20-14/h4-8,12,14,18H,9-10H2,1-3H3. The molecule has 0 saturated heterocycles. The Morgan fingerprint density at radius 1 is 1.29 bits per heavy atom. The van der Waals surface area contributed by atoms with Gasteiger partial charge in [0.05, 0.1) is 0 Å². The van der Waals surface area contributed by atoms with Crippen molar-refractivity contribution in [3.8, 4) is 11.5 Å². The molecule has 0 radical (unpaired) electrons. The highest BCUT2D eigenvalue weighted by molar-refractivity contribution is 7.12. The van der Waals surface area contributed by atoms with Crippen molar-refractivity contribution in [2.45, 2.75) is 32.9 Å². The van der Waals surface area contributed by atoms with Crippen LogP contribution in [0.2, 0.25) is 0 Å². The first-order chi connectivity index (χ1) is 10.1. The number of aryl methyl sites for hydroxylation is 2. The highest BCUT2D eigenvalue weighted by Gasteiger charge is 2.21. The van der Waals surface area contributed by atoms with Crippen LogP contribution < -0.4 is 14.8 Å². The third-order valence-corrected chi connectivity index (χ3v) is 4.75. The van der Waals surface area contributed by atoms with Gasteiger partial charge in [0.2, 0.25) is 0 Å². The van der Waals surface area contributed by atoms with Crippen molar-refractivity contribution in [2.75, 3.05) is 13.2 Å². The van der Waals surface area contributed by atoms with Gasteiger partial charge in [-0.15, -0.1) is 11.3 Å². The highest BCUT2D eigenvalue weighted by atomic mass is 32.1. The number of thiophene rings is 1. The molecule has 3 rings (SSSR count). The van der Waals surface area contributed by atoms with Crippen molar-refractivity contribution in [1.82, 2.24) is 5.32 Å². The summed E-state index contributed by atoms with van der Waals surface area (Å²) in [6.45, 7) is 7.92. The van der Waals surface area contributed by atoms with Crippen LogP contribution in [0.3, 0.4) is 0 Å². The Morgan fingerprint density at radius 3 is 2.76 bits per heavy atom. The third kappa shape index (κ3) is 3.22. The Labute approximate surface area is 129 Å². The summed E-state index contributed by atoms with van der Waals surface area (Å²) in [5, 5.41) is 3.56. The van der Waals surface area contributed by atoms with E-state index in [9.17, 15) is 0 Å².